The number of carbonyl (C=O) groups is 2. The highest BCUT2D eigenvalue weighted by Crippen LogP contribution is 2.22. The quantitative estimate of drug-likeness (QED) is 0.391. The Balaban J connectivity index is 1.39. The van der Waals surface area contributed by atoms with Crippen molar-refractivity contribution in [3.8, 4) is 17.7 Å². The number of furan rings is 1. The maximum Gasteiger partial charge on any atom is 0.291 e. The van der Waals surface area contributed by atoms with Gasteiger partial charge in [0.15, 0.2) is 5.76 Å². The summed E-state index contributed by atoms with van der Waals surface area (Å²) in [5.41, 5.74) is 3.08. The van der Waals surface area contributed by atoms with Crippen LogP contribution in [0.1, 0.15) is 32.0 Å². The molecule has 0 unspecified atom stereocenters. The van der Waals surface area contributed by atoms with Gasteiger partial charge in [0.25, 0.3) is 11.8 Å². The highest BCUT2D eigenvalue weighted by molar-refractivity contribution is 6.07. The summed E-state index contributed by atoms with van der Waals surface area (Å²) < 4.78 is 10.8. The van der Waals surface area contributed by atoms with Crippen LogP contribution in [0.3, 0.4) is 0 Å². The Morgan fingerprint density at radius 2 is 1.85 bits per heavy atom. The van der Waals surface area contributed by atoms with Gasteiger partial charge in [-0.05, 0) is 60.5 Å². The maximum atomic E-state index is 12.7. The van der Waals surface area contributed by atoms with Crippen LogP contribution in [0, 0.1) is 18.3 Å². The first kappa shape index (κ1) is 22.3. The molecule has 0 bridgehead atoms. The number of aryl methyl sites for hydroxylation is 1. The lowest BCUT2D eigenvalue weighted by atomic mass is 10.1. The van der Waals surface area contributed by atoms with Crippen molar-refractivity contribution in [1.29, 1.82) is 5.26 Å². The average molecular weight is 452 g/mol. The van der Waals surface area contributed by atoms with Crippen LogP contribution in [0.4, 0.5) is 11.4 Å². The molecule has 0 fully saturated rings. The second kappa shape index (κ2) is 10.1. The zero-order valence-corrected chi connectivity index (χ0v) is 18.2. The van der Waals surface area contributed by atoms with Crippen LogP contribution >= 0.6 is 0 Å². The Kier molecular flexibility index (Phi) is 6.65. The lowest BCUT2D eigenvalue weighted by Crippen LogP contribution is -2.15. The molecule has 2 aromatic heterocycles. The van der Waals surface area contributed by atoms with Crippen molar-refractivity contribution < 1.29 is 18.7 Å². The number of nitrogens with one attached hydrogen (secondary N) is 2. The fourth-order valence-corrected chi connectivity index (χ4v) is 3.09. The van der Waals surface area contributed by atoms with E-state index < -0.39 is 5.91 Å². The van der Waals surface area contributed by atoms with E-state index in [0.29, 0.717) is 35.0 Å². The molecule has 0 saturated heterocycles. The van der Waals surface area contributed by atoms with Gasteiger partial charge in [-0.2, -0.15) is 5.26 Å². The second-order valence-corrected chi connectivity index (χ2v) is 7.38. The van der Waals surface area contributed by atoms with Crippen molar-refractivity contribution in [3.63, 3.8) is 0 Å². The first-order valence-corrected chi connectivity index (χ1v) is 10.4. The standard InChI is InChI=1S/C26H20N4O4/c1-17-4-7-19(15-22(17)30-26(32)23-3-2-14-33-23)25(31)29-20-8-11-24(28-16-20)34-21-9-5-18(6-10-21)12-13-27/h2-11,14-16H,12H2,1H3,(H,29,31)(H,30,32). The molecule has 4 rings (SSSR count). The van der Waals surface area contributed by atoms with Gasteiger partial charge in [0.1, 0.15) is 5.75 Å². The van der Waals surface area contributed by atoms with E-state index in [0.717, 1.165) is 11.1 Å². The molecule has 2 aromatic carbocycles. The lowest BCUT2D eigenvalue weighted by molar-refractivity contribution is 0.0993. The zero-order chi connectivity index (χ0) is 23.9. The zero-order valence-electron chi connectivity index (χ0n) is 18.2. The van der Waals surface area contributed by atoms with Crippen LogP contribution in [-0.2, 0) is 6.42 Å². The molecule has 34 heavy (non-hydrogen) atoms. The monoisotopic (exact) mass is 452 g/mol. The molecule has 0 aliphatic heterocycles. The molecule has 2 heterocycles. The Hall–Kier alpha value is -4.90. The summed E-state index contributed by atoms with van der Waals surface area (Å²) in [4.78, 5) is 29.2. The Morgan fingerprint density at radius 1 is 1.03 bits per heavy atom. The van der Waals surface area contributed by atoms with E-state index in [4.69, 9.17) is 14.4 Å². The van der Waals surface area contributed by atoms with Crippen LogP contribution in [0.5, 0.6) is 11.6 Å². The molecule has 8 nitrogen and oxygen atoms in total. The van der Waals surface area contributed by atoms with Crippen molar-refractivity contribution >= 4 is 23.2 Å². The van der Waals surface area contributed by atoms with Crippen molar-refractivity contribution in [3.05, 3.63) is 102 Å². The minimum Gasteiger partial charge on any atom is -0.459 e. The van der Waals surface area contributed by atoms with Gasteiger partial charge in [-0.15, -0.1) is 0 Å². The SMILES string of the molecule is Cc1ccc(C(=O)Nc2ccc(Oc3ccc(CC#N)cc3)nc2)cc1NC(=O)c1ccco1. The summed E-state index contributed by atoms with van der Waals surface area (Å²) >= 11 is 0. The third-order valence-electron chi connectivity index (χ3n) is 4.92. The molecule has 0 saturated carbocycles. The molecule has 0 aliphatic carbocycles. The molecule has 2 amide bonds. The third kappa shape index (κ3) is 5.47. The smallest absolute Gasteiger partial charge is 0.291 e. The Morgan fingerprint density at radius 3 is 2.53 bits per heavy atom. The highest BCUT2D eigenvalue weighted by atomic mass is 16.5. The summed E-state index contributed by atoms with van der Waals surface area (Å²) in [5, 5.41) is 14.3. The molecular formula is C26H20N4O4. The number of carbonyl (C=O) groups excluding carboxylic acids is 2. The molecule has 2 N–H and O–H groups in total. The van der Waals surface area contributed by atoms with E-state index in [9.17, 15) is 9.59 Å². The molecule has 0 aliphatic rings. The number of hydrogen-bond acceptors (Lipinski definition) is 6. The number of nitrogens with zero attached hydrogens (tertiary/aromatic N) is 2. The summed E-state index contributed by atoms with van der Waals surface area (Å²) in [7, 11) is 0. The first-order chi connectivity index (χ1) is 16.5. The summed E-state index contributed by atoms with van der Waals surface area (Å²) in [6, 6.07) is 20.8. The lowest BCUT2D eigenvalue weighted by Gasteiger charge is -2.11. The van der Waals surface area contributed by atoms with Crippen LogP contribution in [0.25, 0.3) is 0 Å². The minimum atomic E-state index is -0.398. The first-order valence-electron chi connectivity index (χ1n) is 10.4. The van der Waals surface area contributed by atoms with Crippen molar-refractivity contribution in [2.75, 3.05) is 10.6 Å². The van der Waals surface area contributed by atoms with Gasteiger partial charge >= 0.3 is 0 Å². The predicted molar refractivity (Wildman–Crippen MR) is 126 cm³/mol. The molecule has 4 aromatic rings. The number of amides is 2. The van der Waals surface area contributed by atoms with Crippen LogP contribution in [0.2, 0.25) is 0 Å². The topological polar surface area (TPSA) is 117 Å². The largest absolute Gasteiger partial charge is 0.459 e. The van der Waals surface area contributed by atoms with Gasteiger partial charge in [0.05, 0.1) is 30.6 Å². The van der Waals surface area contributed by atoms with E-state index in [1.165, 1.54) is 12.5 Å². The molecular weight excluding hydrogens is 432 g/mol. The second-order valence-electron chi connectivity index (χ2n) is 7.38. The van der Waals surface area contributed by atoms with E-state index in [1.54, 1.807) is 54.6 Å². The van der Waals surface area contributed by atoms with Gasteiger partial charge in [0, 0.05) is 17.3 Å². The molecule has 0 radical (unpaired) electrons. The molecule has 0 atom stereocenters. The number of rotatable bonds is 7. The van der Waals surface area contributed by atoms with Crippen LogP contribution in [-0.4, -0.2) is 16.8 Å². The number of hydrogen-bond donors (Lipinski definition) is 2. The summed E-state index contributed by atoms with van der Waals surface area (Å²) in [5.74, 6) is 0.391. The maximum absolute atomic E-state index is 12.7. The normalized spacial score (nSPS) is 10.2. The molecule has 8 heteroatoms. The number of anilines is 2. The number of benzene rings is 2. The van der Waals surface area contributed by atoms with Gasteiger partial charge in [-0.1, -0.05) is 18.2 Å². The van der Waals surface area contributed by atoms with Crippen LogP contribution < -0.4 is 15.4 Å². The fraction of sp³-hybridized carbons (Fsp3) is 0.0769. The van der Waals surface area contributed by atoms with E-state index >= 15 is 0 Å². The third-order valence-corrected chi connectivity index (χ3v) is 4.92. The van der Waals surface area contributed by atoms with Gasteiger partial charge < -0.3 is 19.8 Å². The fourth-order valence-electron chi connectivity index (χ4n) is 3.09. The van der Waals surface area contributed by atoms with Gasteiger partial charge in [-0.25, -0.2) is 4.98 Å². The number of nitriles is 1. The summed E-state index contributed by atoms with van der Waals surface area (Å²) in [6.45, 7) is 1.83. The summed E-state index contributed by atoms with van der Waals surface area (Å²) in [6.07, 6.45) is 3.25. The average Bonchev–Trinajstić information content (AvgIpc) is 3.38. The highest BCUT2D eigenvalue weighted by Gasteiger charge is 2.13. The van der Waals surface area contributed by atoms with Crippen molar-refractivity contribution in [1.82, 2.24) is 4.98 Å². The molecule has 168 valence electrons. The number of pyridine rings is 1. The van der Waals surface area contributed by atoms with E-state index in [-0.39, 0.29) is 11.7 Å². The molecule has 0 spiro atoms. The van der Waals surface area contributed by atoms with Crippen molar-refractivity contribution in [2.45, 2.75) is 13.3 Å². The minimum absolute atomic E-state index is 0.181. The van der Waals surface area contributed by atoms with Crippen LogP contribution in [0.15, 0.2) is 83.6 Å². The van der Waals surface area contributed by atoms with Gasteiger partial charge in [0.2, 0.25) is 5.88 Å². The van der Waals surface area contributed by atoms with E-state index in [1.807, 2.05) is 19.1 Å². The Labute approximate surface area is 195 Å². The number of ether oxygens (including phenoxy) is 1. The Bertz CT molecular complexity index is 1340. The van der Waals surface area contributed by atoms with Gasteiger partial charge in [-0.3, -0.25) is 9.59 Å². The predicted octanol–water partition coefficient (Wildman–Crippen LogP) is 5.35. The van der Waals surface area contributed by atoms with E-state index in [2.05, 4.69) is 21.7 Å². The van der Waals surface area contributed by atoms with Crippen molar-refractivity contribution in [2.24, 2.45) is 0 Å². The number of aromatic nitrogens is 1.